The molecular weight excluding hydrogens is 595 g/mol. The molecule has 0 aliphatic heterocycles. The molecule has 163 valence electrons. The van der Waals surface area contributed by atoms with Crippen molar-refractivity contribution in [3.8, 4) is 11.3 Å². The van der Waals surface area contributed by atoms with E-state index in [1.165, 1.54) is 51.0 Å². The number of ketones is 1. The van der Waals surface area contributed by atoms with E-state index in [-0.39, 0.29) is 31.6 Å². The number of aliphatic hydroxyl groups is 1. The number of aryl methyl sites for hydroxylation is 1. The van der Waals surface area contributed by atoms with Crippen LogP contribution in [0.25, 0.3) is 42.2 Å². The molecule has 32 heavy (non-hydrogen) atoms. The molecule has 5 rings (SSSR count). The molecule has 5 aromatic rings. The molecule has 0 saturated carbocycles. The van der Waals surface area contributed by atoms with Crippen molar-refractivity contribution < 1.29 is 30.0 Å². The van der Waals surface area contributed by atoms with Gasteiger partial charge >= 0.3 is 0 Å². The Hall–Kier alpha value is -2.85. The first-order chi connectivity index (χ1) is 14.9. The number of carbonyl (C=O) groups is 1. The molecule has 0 aliphatic rings. The van der Waals surface area contributed by atoms with Crippen LogP contribution in [0.15, 0.2) is 78.7 Å². The topological polar surface area (TPSA) is 50.2 Å². The van der Waals surface area contributed by atoms with Crippen molar-refractivity contribution in [2.24, 2.45) is 0 Å². The fourth-order valence-electron chi connectivity index (χ4n) is 3.61. The first-order valence-electron chi connectivity index (χ1n) is 10.00. The van der Waals surface area contributed by atoms with Crippen molar-refractivity contribution in [1.82, 2.24) is 4.98 Å². The number of hydrogen-bond acceptors (Lipinski definition) is 4. The summed E-state index contributed by atoms with van der Waals surface area (Å²) in [7, 11) is 0. The summed E-state index contributed by atoms with van der Waals surface area (Å²) in [5, 5.41) is 13.3. The van der Waals surface area contributed by atoms with Gasteiger partial charge in [0.05, 0.1) is 5.76 Å². The van der Waals surface area contributed by atoms with Gasteiger partial charge in [0, 0.05) is 52.9 Å². The summed E-state index contributed by atoms with van der Waals surface area (Å²) in [6.07, 6.45) is 3.08. The summed E-state index contributed by atoms with van der Waals surface area (Å²) in [5.74, 6) is -0.0625. The maximum Gasteiger partial charge on any atom is 0.155 e. The minimum Gasteiger partial charge on any atom is -0.512 e. The van der Waals surface area contributed by atoms with Crippen LogP contribution in [-0.2, 0) is 24.9 Å². The Morgan fingerprint density at radius 2 is 1.72 bits per heavy atom. The Bertz CT molecular complexity index is 1450. The molecule has 2 aromatic heterocycles. The Morgan fingerprint density at radius 3 is 2.44 bits per heavy atom. The van der Waals surface area contributed by atoms with Crippen molar-refractivity contribution in [1.29, 1.82) is 0 Å². The molecule has 2 heterocycles. The van der Waals surface area contributed by atoms with Crippen molar-refractivity contribution in [3.63, 3.8) is 0 Å². The molecule has 1 radical (unpaired) electrons. The molecule has 5 heteroatoms. The zero-order valence-corrected chi connectivity index (χ0v) is 21.2. The summed E-state index contributed by atoms with van der Waals surface area (Å²) in [5.41, 5.74) is 3.41. The number of benzene rings is 3. The third kappa shape index (κ3) is 4.96. The Labute approximate surface area is 204 Å². The van der Waals surface area contributed by atoms with Crippen molar-refractivity contribution in [3.05, 3.63) is 90.3 Å². The maximum absolute atomic E-state index is 10.0. The standard InChI is InChI=1S/C22H14NS.C5H8O2.Ir/c1-14-5-4-8-18-19-11-12-23-20(22(19)24-21(14)18)17-10-9-15-6-2-3-7-16(15)13-17;1-4(6)3-5(2)7;/h2-12H,1H3;3,6H,1-2H3;/q-1;;/b;4-3-;. The van der Waals surface area contributed by atoms with E-state index in [1.807, 2.05) is 17.5 Å². The van der Waals surface area contributed by atoms with E-state index < -0.39 is 0 Å². The van der Waals surface area contributed by atoms with Crippen LogP contribution in [-0.4, -0.2) is 15.9 Å². The average Bonchev–Trinajstić information content (AvgIpc) is 3.13. The molecule has 0 amide bonds. The number of carbonyl (C=O) groups excluding carboxylic acids is 1. The van der Waals surface area contributed by atoms with Gasteiger partial charge in [-0.3, -0.25) is 9.78 Å². The molecule has 0 fully saturated rings. The second-order valence-electron chi connectivity index (χ2n) is 7.45. The van der Waals surface area contributed by atoms with Gasteiger partial charge in [-0.05, 0) is 37.8 Å². The third-order valence-corrected chi connectivity index (χ3v) is 6.30. The Balaban J connectivity index is 0.000000318. The van der Waals surface area contributed by atoms with Gasteiger partial charge in [-0.2, -0.15) is 0 Å². The number of pyridine rings is 1. The Morgan fingerprint density at radius 1 is 0.969 bits per heavy atom. The van der Waals surface area contributed by atoms with Crippen LogP contribution < -0.4 is 0 Å². The van der Waals surface area contributed by atoms with Gasteiger partial charge in [0.25, 0.3) is 0 Å². The van der Waals surface area contributed by atoms with E-state index in [9.17, 15) is 4.79 Å². The molecule has 0 bridgehead atoms. The normalized spacial score (nSPS) is 11.2. The van der Waals surface area contributed by atoms with Gasteiger partial charge in [-0.25, -0.2) is 0 Å². The van der Waals surface area contributed by atoms with Gasteiger partial charge in [0.2, 0.25) is 0 Å². The predicted octanol–water partition coefficient (Wildman–Crippen LogP) is 7.41. The third-order valence-electron chi connectivity index (χ3n) is 4.94. The van der Waals surface area contributed by atoms with Crippen LogP contribution in [0.1, 0.15) is 19.4 Å². The van der Waals surface area contributed by atoms with Crippen molar-refractivity contribution in [2.75, 3.05) is 0 Å². The van der Waals surface area contributed by atoms with Gasteiger partial charge < -0.3 is 5.11 Å². The largest absolute Gasteiger partial charge is 0.512 e. The van der Waals surface area contributed by atoms with E-state index in [1.54, 1.807) is 0 Å². The number of allylic oxidation sites excluding steroid dienone is 2. The number of rotatable bonds is 2. The maximum atomic E-state index is 10.0. The van der Waals surface area contributed by atoms with Crippen LogP contribution in [0.4, 0.5) is 0 Å². The smallest absolute Gasteiger partial charge is 0.155 e. The van der Waals surface area contributed by atoms with Crippen molar-refractivity contribution >= 4 is 48.1 Å². The predicted molar refractivity (Wildman–Crippen MR) is 131 cm³/mol. The monoisotopic (exact) mass is 617 g/mol. The van der Waals surface area contributed by atoms with E-state index in [0.29, 0.717) is 0 Å². The minimum atomic E-state index is -0.125. The van der Waals surface area contributed by atoms with Crippen LogP contribution >= 0.6 is 11.3 Å². The van der Waals surface area contributed by atoms with E-state index in [4.69, 9.17) is 5.11 Å². The molecule has 0 unspecified atom stereocenters. The molecule has 1 N–H and O–H groups in total. The summed E-state index contributed by atoms with van der Waals surface area (Å²) in [6.45, 7) is 5.02. The van der Waals surface area contributed by atoms with Crippen LogP contribution in [0.3, 0.4) is 0 Å². The van der Waals surface area contributed by atoms with Gasteiger partial charge in [0.1, 0.15) is 0 Å². The van der Waals surface area contributed by atoms with Crippen LogP contribution in [0, 0.1) is 13.0 Å². The second-order valence-corrected chi connectivity index (χ2v) is 8.47. The average molecular weight is 617 g/mol. The summed E-state index contributed by atoms with van der Waals surface area (Å²) in [4.78, 5) is 14.7. The van der Waals surface area contributed by atoms with Gasteiger partial charge in [-0.1, -0.05) is 47.3 Å². The number of nitrogens with zero attached hydrogens (tertiary/aromatic N) is 1. The van der Waals surface area contributed by atoms with E-state index in [2.05, 4.69) is 78.6 Å². The molecular formula is C27H22IrNO2S-. The Kier molecular flexibility index (Phi) is 7.57. The van der Waals surface area contributed by atoms with Crippen molar-refractivity contribution in [2.45, 2.75) is 20.8 Å². The number of aromatic nitrogens is 1. The summed E-state index contributed by atoms with van der Waals surface area (Å²) >= 11 is 1.83. The van der Waals surface area contributed by atoms with E-state index in [0.717, 1.165) is 16.6 Å². The fourth-order valence-corrected chi connectivity index (χ4v) is 4.87. The number of thiophene rings is 1. The minimum absolute atomic E-state index is 0. The zero-order chi connectivity index (χ0) is 22.0. The first-order valence-corrected chi connectivity index (χ1v) is 10.8. The number of aliphatic hydroxyl groups excluding tert-OH is 1. The fraction of sp³-hybridized carbons (Fsp3) is 0.111. The van der Waals surface area contributed by atoms with Gasteiger partial charge in [-0.15, -0.1) is 41.0 Å². The molecule has 0 spiro atoms. The van der Waals surface area contributed by atoms with E-state index >= 15 is 0 Å². The summed E-state index contributed by atoms with van der Waals surface area (Å²) < 4.78 is 2.59. The van der Waals surface area contributed by atoms with Gasteiger partial charge in [0.15, 0.2) is 5.78 Å². The van der Waals surface area contributed by atoms with Crippen LogP contribution in [0.5, 0.6) is 0 Å². The first kappa shape index (κ1) is 23.8. The molecule has 0 saturated heterocycles. The molecule has 3 nitrogen and oxygen atoms in total. The molecule has 0 atom stereocenters. The summed E-state index contributed by atoms with van der Waals surface area (Å²) in [6, 6.07) is 24.8. The second kappa shape index (κ2) is 10.2. The SMILES string of the molecule is CC(=O)/C=C(/C)O.Cc1cccc2c1sc1c(-c3[c-]c4ccccc4cc3)nccc12.[Ir]. The quantitative estimate of drug-likeness (QED) is 0.128. The molecule has 3 aromatic carbocycles. The van der Waals surface area contributed by atoms with Crippen LogP contribution in [0.2, 0.25) is 0 Å². The number of hydrogen-bond donors (Lipinski definition) is 1. The zero-order valence-electron chi connectivity index (χ0n) is 18.0. The molecule has 0 aliphatic carbocycles. The number of fused-ring (bicyclic) bond motifs is 4.